The van der Waals surface area contributed by atoms with Gasteiger partial charge in [0.05, 0.1) is 18.4 Å². The van der Waals surface area contributed by atoms with Gasteiger partial charge in [0.2, 0.25) is 11.8 Å². The molecule has 22 heavy (non-hydrogen) atoms. The maximum atomic E-state index is 12.6. The van der Waals surface area contributed by atoms with E-state index in [1.165, 1.54) is 0 Å². The van der Waals surface area contributed by atoms with Crippen molar-refractivity contribution in [3.8, 4) is 0 Å². The average molecular weight is 328 g/mol. The number of ether oxygens (including phenoxy) is 1. The maximum absolute atomic E-state index is 12.6. The summed E-state index contributed by atoms with van der Waals surface area (Å²) in [7, 11) is 0. The highest BCUT2D eigenvalue weighted by Gasteiger charge is 2.52. The molecular formula is C16H22ClNO4. The van der Waals surface area contributed by atoms with Gasteiger partial charge < -0.3 is 4.74 Å². The first-order chi connectivity index (χ1) is 10.5. The van der Waals surface area contributed by atoms with Gasteiger partial charge in [-0.3, -0.25) is 14.5 Å². The zero-order chi connectivity index (χ0) is 16.3. The second-order valence-electron chi connectivity index (χ2n) is 5.76. The molecule has 0 unspecified atom stereocenters. The average Bonchev–Trinajstić information content (AvgIpc) is 2.72. The smallest absolute Gasteiger partial charge is 0.329 e. The van der Waals surface area contributed by atoms with Crippen LogP contribution >= 0.6 is 11.6 Å². The topological polar surface area (TPSA) is 63.7 Å². The molecule has 0 aromatic carbocycles. The first kappa shape index (κ1) is 17.0. The molecule has 0 saturated carbocycles. The molecule has 2 amide bonds. The normalized spacial score (nSPS) is 25.8. The molecule has 0 radical (unpaired) electrons. The third-order valence-corrected chi connectivity index (χ3v) is 4.61. The number of esters is 1. The van der Waals surface area contributed by atoms with Crippen LogP contribution in [-0.4, -0.2) is 35.3 Å². The summed E-state index contributed by atoms with van der Waals surface area (Å²) < 4.78 is 5.06. The highest BCUT2D eigenvalue weighted by atomic mass is 35.5. The minimum Gasteiger partial charge on any atom is -0.464 e. The summed E-state index contributed by atoms with van der Waals surface area (Å²) in [6.45, 7) is 3.95. The van der Waals surface area contributed by atoms with Crippen molar-refractivity contribution in [3.63, 3.8) is 0 Å². The van der Waals surface area contributed by atoms with Crippen LogP contribution in [0.2, 0.25) is 0 Å². The minimum atomic E-state index is -0.802. The third-order valence-electron chi connectivity index (χ3n) is 4.30. The minimum absolute atomic E-state index is 0.234. The lowest BCUT2D eigenvalue weighted by Gasteiger charge is -2.24. The van der Waals surface area contributed by atoms with Crippen LogP contribution in [0.1, 0.15) is 46.0 Å². The van der Waals surface area contributed by atoms with Crippen LogP contribution in [-0.2, 0) is 19.1 Å². The number of allylic oxidation sites excluding steroid dienone is 2. The van der Waals surface area contributed by atoms with Gasteiger partial charge >= 0.3 is 5.97 Å². The van der Waals surface area contributed by atoms with Crippen LogP contribution in [0.3, 0.4) is 0 Å². The van der Waals surface area contributed by atoms with E-state index in [-0.39, 0.29) is 24.3 Å². The Kier molecular flexibility index (Phi) is 5.62. The fraction of sp³-hybridized carbons (Fsp3) is 0.688. The van der Waals surface area contributed by atoms with E-state index in [0.717, 1.165) is 17.7 Å². The summed E-state index contributed by atoms with van der Waals surface area (Å²) in [4.78, 5) is 38.6. The van der Waals surface area contributed by atoms with Gasteiger partial charge in [0, 0.05) is 5.03 Å². The number of likely N-dealkylation sites (tertiary alicyclic amines) is 1. The summed E-state index contributed by atoms with van der Waals surface area (Å²) in [5.74, 6) is -1.84. The lowest BCUT2D eigenvalue weighted by Crippen LogP contribution is -2.46. The lowest BCUT2D eigenvalue weighted by molar-refractivity contribution is -0.159. The van der Waals surface area contributed by atoms with Crippen molar-refractivity contribution in [2.75, 3.05) is 6.61 Å². The zero-order valence-corrected chi connectivity index (χ0v) is 13.8. The standard InChI is InChI=1S/C16H22ClNO4/c1-3-5-6-13(16(21)22-4-2)18-14(19)11-8-7-10(17)9-12(11)15(18)20/h7,11-13H,3-6,8-9H2,1-2H3/t11-,12+,13-/m1/s1. The maximum Gasteiger partial charge on any atom is 0.329 e. The van der Waals surface area contributed by atoms with Crippen molar-refractivity contribution in [1.29, 1.82) is 0 Å². The molecule has 2 aliphatic rings. The first-order valence-corrected chi connectivity index (χ1v) is 8.27. The second-order valence-corrected chi connectivity index (χ2v) is 6.25. The molecule has 2 rings (SSSR count). The van der Waals surface area contributed by atoms with Gasteiger partial charge in [-0.15, -0.1) is 0 Å². The molecular weight excluding hydrogens is 306 g/mol. The number of carbonyl (C=O) groups is 3. The van der Waals surface area contributed by atoms with Gasteiger partial charge in [0.25, 0.3) is 0 Å². The molecule has 0 bridgehead atoms. The highest BCUT2D eigenvalue weighted by Crippen LogP contribution is 2.40. The van der Waals surface area contributed by atoms with Crippen LogP contribution in [0.15, 0.2) is 11.1 Å². The summed E-state index contributed by atoms with van der Waals surface area (Å²) in [5.41, 5.74) is 0. The van der Waals surface area contributed by atoms with E-state index in [9.17, 15) is 14.4 Å². The molecule has 6 heteroatoms. The Morgan fingerprint density at radius 2 is 2.05 bits per heavy atom. The van der Waals surface area contributed by atoms with Crippen LogP contribution in [0.5, 0.6) is 0 Å². The number of unbranched alkanes of at least 4 members (excludes halogenated alkanes) is 1. The van der Waals surface area contributed by atoms with Crippen LogP contribution < -0.4 is 0 Å². The quantitative estimate of drug-likeness (QED) is 0.555. The van der Waals surface area contributed by atoms with Gasteiger partial charge in [0.1, 0.15) is 6.04 Å². The molecule has 0 spiro atoms. The Balaban J connectivity index is 2.22. The Morgan fingerprint density at radius 3 is 2.68 bits per heavy atom. The molecule has 1 aliphatic heterocycles. The number of carbonyl (C=O) groups excluding carboxylic acids is 3. The van der Waals surface area contributed by atoms with Gasteiger partial charge in [-0.25, -0.2) is 4.79 Å². The Hall–Kier alpha value is -1.36. The van der Waals surface area contributed by atoms with Crippen molar-refractivity contribution in [3.05, 3.63) is 11.1 Å². The van der Waals surface area contributed by atoms with Gasteiger partial charge in [-0.05, 0) is 26.2 Å². The molecule has 1 heterocycles. The van der Waals surface area contributed by atoms with Crippen molar-refractivity contribution in [2.45, 2.75) is 52.0 Å². The molecule has 0 aromatic rings. The number of halogens is 1. The van der Waals surface area contributed by atoms with Gasteiger partial charge in [-0.2, -0.15) is 0 Å². The fourth-order valence-corrected chi connectivity index (χ4v) is 3.40. The summed E-state index contributed by atoms with van der Waals surface area (Å²) in [6.07, 6.45) is 4.74. The zero-order valence-electron chi connectivity index (χ0n) is 13.0. The summed E-state index contributed by atoms with van der Waals surface area (Å²) in [6, 6.07) is -0.802. The van der Waals surface area contributed by atoms with E-state index in [1.807, 2.05) is 6.92 Å². The predicted octanol–water partition coefficient (Wildman–Crippen LogP) is 2.63. The van der Waals surface area contributed by atoms with Crippen molar-refractivity contribution >= 4 is 29.4 Å². The van der Waals surface area contributed by atoms with Crippen LogP contribution in [0.25, 0.3) is 0 Å². The number of rotatable bonds is 6. The fourth-order valence-electron chi connectivity index (χ4n) is 3.15. The molecule has 1 aliphatic carbocycles. The Bertz CT molecular complexity index is 502. The molecule has 5 nitrogen and oxygen atoms in total. The van der Waals surface area contributed by atoms with E-state index in [0.29, 0.717) is 24.3 Å². The number of fused-ring (bicyclic) bond motifs is 1. The summed E-state index contributed by atoms with van der Waals surface area (Å²) in [5, 5.41) is 0.616. The van der Waals surface area contributed by atoms with E-state index in [4.69, 9.17) is 16.3 Å². The molecule has 1 fully saturated rings. The molecule has 0 aromatic heterocycles. The second kappa shape index (κ2) is 7.27. The Morgan fingerprint density at radius 1 is 1.36 bits per heavy atom. The van der Waals surface area contributed by atoms with E-state index in [1.54, 1.807) is 13.0 Å². The van der Waals surface area contributed by atoms with Crippen LogP contribution in [0, 0.1) is 11.8 Å². The molecule has 0 N–H and O–H groups in total. The van der Waals surface area contributed by atoms with Crippen molar-refractivity contribution in [1.82, 2.24) is 4.90 Å². The lowest BCUT2D eigenvalue weighted by atomic mass is 9.85. The largest absolute Gasteiger partial charge is 0.464 e. The highest BCUT2D eigenvalue weighted by molar-refractivity contribution is 6.30. The molecule has 1 saturated heterocycles. The van der Waals surface area contributed by atoms with Crippen molar-refractivity contribution < 1.29 is 19.1 Å². The predicted molar refractivity (Wildman–Crippen MR) is 81.9 cm³/mol. The first-order valence-electron chi connectivity index (χ1n) is 7.89. The van der Waals surface area contributed by atoms with Crippen LogP contribution in [0.4, 0.5) is 0 Å². The molecule has 122 valence electrons. The number of nitrogens with zero attached hydrogens (tertiary/aromatic N) is 1. The van der Waals surface area contributed by atoms with E-state index < -0.39 is 17.9 Å². The number of hydrogen-bond donors (Lipinski definition) is 0. The van der Waals surface area contributed by atoms with E-state index >= 15 is 0 Å². The van der Waals surface area contributed by atoms with Crippen molar-refractivity contribution in [2.24, 2.45) is 11.8 Å². The third kappa shape index (κ3) is 3.19. The Labute approximate surface area is 135 Å². The van der Waals surface area contributed by atoms with E-state index in [2.05, 4.69) is 0 Å². The molecule has 3 atom stereocenters. The number of amides is 2. The summed E-state index contributed by atoms with van der Waals surface area (Å²) >= 11 is 6.01. The SMILES string of the molecule is CCCC[C@H](C(=O)OCC)N1C(=O)[C@H]2CC(Cl)=CC[C@H]2C1=O. The number of imide groups is 1. The van der Waals surface area contributed by atoms with Gasteiger partial charge in [0.15, 0.2) is 0 Å². The van der Waals surface area contributed by atoms with Gasteiger partial charge in [-0.1, -0.05) is 37.4 Å². The monoisotopic (exact) mass is 327 g/mol. The number of hydrogen-bond acceptors (Lipinski definition) is 4.